The fraction of sp³-hybridized carbons (Fsp3) is 0.259. The molecule has 0 aliphatic carbocycles. The number of aromatic nitrogens is 3. The molecular formula is C27H27FN4O4S2. The molecule has 0 atom stereocenters. The van der Waals surface area contributed by atoms with E-state index < -0.39 is 5.97 Å². The van der Waals surface area contributed by atoms with Crippen LogP contribution < -0.4 is 10.1 Å². The van der Waals surface area contributed by atoms with Crippen molar-refractivity contribution in [1.29, 1.82) is 0 Å². The van der Waals surface area contributed by atoms with Crippen LogP contribution in [-0.2, 0) is 23.2 Å². The molecule has 4 rings (SSSR count). The van der Waals surface area contributed by atoms with E-state index in [9.17, 15) is 14.0 Å². The van der Waals surface area contributed by atoms with Crippen molar-refractivity contribution in [3.8, 4) is 16.9 Å². The molecule has 198 valence electrons. The van der Waals surface area contributed by atoms with Gasteiger partial charge in [0, 0.05) is 18.0 Å². The zero-order valence-corrected chi connectivity index (χ0v) is 23.0. The maximum Gasteiger partial charge on any atom is 0.341 e. The summed E-state index contributed by atoms with van der Waals surface area (Å²) in [5, 5.41) is 13.8. The number of nitrogens with zero attached hydrogens (tertiary/aromatic N) is 3. The Kier molecular flexibility index (Phi) is 8.80. The zero-order valence-electron chi connectivity index (χ0n) is 21.4. The number of esters is 1. The zero-order chi connectivity index (χ0) is 27.2. The number of thiophene rings is 1. The number of carbonyl (C=O) groups excluding carboxylic acids is 2. The highest BCUT2D eigenvalue weighted by molar-refractivity contribution is 7.99. The van der Waals surface area contributed by atoms with E-state index in [1.54, 1.807) is 22.1 Å². The maximum absolute atomic E-state index is 13.4. The molecule has 11 heteroatoms. The lowest BCUT2D eigenvalue weighted by Crippen LogP contribution is -2.16. The van der Waals surface area contributed by atoms with Crippen molar-refractivity contribution in [1.82, 2.24) is 14.8 Å². The van der Waals surface area contributed by atoms with E-state index in [4.69, 9.17) is 9.47 Å². The van der Waals surface area contributed by atoms with E-state index in [1.807, 2.05) is 31.3 Å². The number of rotatable bonds is 10. The summed E-state index contributed by atoms with van der Waals surface area (Å²) < 4.78 is 25.9. The lowest BCUT2D eigenvalue weighted by atomic mass is 10.0. The second-order valence-corrected chi connectivity index (χ2v) is 10.5. The third kappa shape index (κ3) is 6.40. The molecule has 0 aliphatic heterocycles. The fourth-order valence-corrected chi connectivity index (χ4v) is 5.29. The summed E-state index contributed by atoms with van der Waals surface area (Å²) in [4.78, 5) is 25.2. The monoisotopic (exact) mass is 554 g/mol. The first kappa shape index (κ1) is 27.3. The van der Waals surface area contributed by atoms with E-state index in [2.05, 4.69) is 29.4 Å². The molecule has 0 unspecified atom stereocenters. The molecule has 2 aromatic carbocycles. The molecular weight excluding hydrogens is 527 g/mol. The summed E-state index contributed by atoms with van der Waals surface area (Å²) in [5.41, 5.74) is 2.66. The standard InChI is InChI=1S/C27H27FN4O4S2/c1-16(2)17-7-11-20(12-8-17)36-13-22-30-31-27(32(22)3)38-15-23(33)29-25-24(26(34)35-4)21(14-37-25)18-5-9-19(28)10-6-18/h5-12,14,16H,13,15H2,1-4H3,(H,29,33). The van der Waals surface area contributed by atoms with Gasteiger partial charge in [-0.25, -0.2) is 9.18 Å². The lowest BCUT2D eigenvalue weighted by Gasteiger charge is -2.09. The SMILES string of the molecule is COC(=O)c1c(-c2ccc(F)cc2)csc1NC(=O)CSc1nnc(COc2ccc(C(C)C)cc2)n1C. The third-order valence-corrected chi connectivity index (χ3v) is 7.68. The normalized spacial score (nSPS) is 11.0. The quantitative estimate of drug-likeness (QED) is 0.193. The number of thioether (sulfide) groups is 1. The van der Waals surface area contributed by atoms with Crippen LogP contribution in [0.2, 0.25) is 0 Å². The molecule has 38 heavy (non-hydrogen) atoms. The van der Waals surface area contributed by atoms with Crippen LogP contribution in [0.5, 0.6) is 5.75 Å². The van der Waals surface area contributed by atoms with Gasteiger partial charge in [0.2, 0.25) is 5.91 Å². The van der Waals surface area contributed by atoms with E-state index in [-0.39, 0.29) is 29.6 Å². The van der Waals surface area contributed by atoms with Gasteiger partial charge in [0.05, 0.1) is 12.9 Å². The second-order valence-electron chi connectivity index (χ2n) is 8.66. The number of nitrogens with one attached hydrogen (secondary N) is 1. The van der Waals surface area contributed by atoms with Crippen molar-refractivity contribution in [3.63, 3.8) is 0 Å². The molecule has 0 saturated heterocycles. The molecule has 0 saturated carbocycles. The fourth-order valence-electron chi connectivity index (χ4n) is 3.58. The molecule has 2 heterocycles. The van der Waals surface area contributed by atoms with Crippen LogP contribution in [0.15, 0.2) is 59.1 Å². The van der Waals surface area contributed by atoms with Crippen LogP contribution in [0.3, 0.4) is 0 Å². The first-order chi connectivity index (χ1) is 18.3. The minimum Gasteiger partial charge on any atom is -0.486 e. The maximum atomic E-state index is 13.4. The minimum absolute atomic E-state index is 0.0495. The number of carbonyl (C=O) groups is 2. The summed E-state index contributed by atoms with van der Waals surface area (Å²) in [6.07, 6.45) is 0. The summed E-state index contributed by atoms with van der Waals surface area (Å²) in [5.74, 6) is 0.563. The number of ether oxygens (including phenoxy) is 2. The average molecular weight is 555 g/mol. The van der Waals surface area contributed by atoms with E-state index in [0.29, 0.717) is 33.0 Å². The Bertz CT molecular complexity index is 1420. The van der Waals surface area contributed by atoms with Gasteiger partial charge in [-0.15, -0.1) is 21.5 Å². The number of halogens is 1. The predicted molar refractivity (Wildman–Crippen MR) is 146 cm³/mol. The third-order valence-electron chi connectivity index (χ3n) is 5.76. The highest BCUT2D eigenvalue weighted by Gasteiger charge is 2.23. The van der Waals surface area contributed by atoms with Crippen molar-refractivity contribution >= 4 is 40.0 Å². The number of hydrogen-bond donors (Lipinski definition) is 1. The smallest absolute Gasteiger partial charge is 0.341 e. The molecule has 0 spiro atoms. The number of benzene rings is 2. The number of methoxy groups -OCH3 is 1. The first-order valence-corrected chi connectivity index (χ1v) is 13.6. The van der Waals surface area contributed by atoms with Gasteiger partial charge < -0.3 is 19.4 Å². The van der Waals surface area contributed by atoms with Gasteiger partial charge in [0.1, 0.15) is 28.7 Å². The predicted octanol–water partition coefficient (Wildman–Crippen LogP) is 5.90. The van der Waals surface area contributed by atoms with Crippen molar-refractivity contribution in [2.24, 2.45) is 7.05 Å². The molecule has 1 N–H and O–H groups in total. The van der Waals surface area contributed by atoms with Gasteiger partial charge >= 0.3 is 5.97 Å². The molecule has 1 amide bonds. The molecule has 0 bridgehead atoms. The summed E-state index contributed by atoms with van der Waals surface area (Å²) in [7, 11) is 3.08. The van der Waals surface area contributed by atoms with Crippen molar-refractivity contribution in [2.75, 3.05) is 18.2 Å². The van der Waals surface area contributed by atoms with Crippen molar-refractivity contribution < 1.29 is 23.5 Å². The Hall–Kier alpha value is -3.70. The van der Waals surface area contributed by atoms with Crippen molar-refractivity contribution in [3.05, 3.63) is 76.7 Å². The largest absolute Gasteiger partial charge is 0.486 e. The topological polar surface area (TPSA) is 95.3 Å². The highest BCUT2D eigenvalue weighted by Crippen LogP contribution is 2.36. The number of hydrogen-bond acceptors (Lipinski definition) is 8. The average Bonchev–Trinajstić information content (AvgIpc) is 3.49. The molecule has 0 fully saturated rings. The molecule has 0 aliphatic rings. The Balaban J connectivity index is 1.37. The Morgan fingerprint density at radius 2 is 1.82 bits per heavy atom. The van der Waals surface area contributed by atoms with Crippen molar-refractivity contribution in [2.45, 2.75) is 31.5 Å². The minimum atomic E-state index is -0.592. The Morgan fingerprint density at radius 1 is 1.11 bits per heavy atom. The molecule has 4 aromatic rings. The Morgan fingerprint density at radius 3 is 2.47 bits per heavy atom. The van der Waals surface area contributed by atoms with Gasteiger partial charge in [0.25, 0.3) is 0 Å². The highest BCUT2D eigenvalue weighted by atomic mass is 32.2. The summed E-state index contributed by atoms with van der Waals surface area (Å²) in [6, 6.07) is 13.7. The van der Waals surface area contributed by atoms with Crippen LogP contribution in [0.4, 0.5) is 9.39 Å². The van der Waals surface area contributed by atoms with Crippen LogP contribution in [0.1, 0.15) is 41.5 Å². The summed E-state index contributed by atoms with van der Waals surface area (Å²) in [6.45, 7) is 4.51. The number of amides is 1. The summed E-state index contributed by atoms with van der Waals surface area (Å²) >= 11 is 2.41. The van der Waals surface area contributed by atoms with Gasteiger partial charge in [-0.3, -0.25) is 4.79 Å². The molecule has 8 nitrogen and oxygen atoms in total. The van der Waals surface area contributed by atoms with Crippen LogP contribution >= 0.6 is 23.1 Å². The lowest BCUT2D eigenvalue weighted by molar-refractivity contribution is -0.113. The van der Waals surface area contributed by atoms with Gasteiger partial charge in [0.15, 0.2) is 11.0 Å². The van der Waals surface area contributed by atoms with Gasteiger partial charge in [-0.05, 0) is 41.3 Å². The van der Waals surface area contributed by atoms with E-state index >= 15 is 0 Å². The van der Waals surface area contributed by atoms with Gasteiger partial charge in [-0.2, -0.15) is 0 Å². The first-order valence-electron chi connectivity index (χ1n) is 11.8. The van der Waals surface area contributed by atoms with Crippen LogP contribution in [-0.4, -0.2) is 39.5 Å². The van der Waals surface area contributed by atoms with E-state index in [1.165, 1.54) is 47.9 Å². The molecule has 0 radical (unpaired) electrons. The second kappa shape index (κ2) is 12.2. The van der Waals surface area contributed by atoms with Gasteiger partial charge in [-0.1, -0.05) is 49.9 Å². The number of anilines is 1. The van der Waals surface area contributed by atoms with E-state index in [0.717, 1.165) is 5.75 Å². The van der Waals surface area contributed by atoms with Crippen LogP contribution in [0.25, 0.3) is 11.1 Å². The van der Waals surface area contributed by atoms with Crippen LogP contribution in [0, 0.1) is 5.82 Å². The molecule has 2 aromatic heterocycles. The Labute approximate surface area is 228 Å².